The Balaban J connectivity index is 2.73. The number of halogens is 2. The molecule has 2 nitrogen and oxygen atoms in total. The van der Waals surface area contributed by atoms with E-state index in [1.54, 1.807) is 0 Å². The van der Waals surface area contributed by atoms with Crippen LogP contribution in [0.25, 0.3) is 0 Å². The van der Waals surface area contributed by atoms with Gasteiger partial charge in [-0.25, -0.2) is 0 Å². The molecule has 0 aliphatic heterocycles. The number of carbonyl (C=O) groups excluding carboxylic acids is 2. The molecule has 0 saturated heterocycles. The Morgan fingerprint density at radius 3 is 2.08 bits per heavy atom. The van der Waals surface area contributed by atoms with E-state index in [0.717, 1.165) is 25.3 Å². The first-order valence-corrected chi connectivity index (χ1v) is 4.47. The lowest BCUT2D eigenvalue weighted by molar-refractivity contribution is -0.111. The van der Waals surface area contributed by atoms with Crippen molar-refractivity contribution in [3.63, 3.8) is 0 Å². The zero-order valence-corrected chi connectivity index (χ0v) is 7.86. The minimum atomic E-state index is -0.633. The highest BCUT2D eigenvalue weighted by Crippen LogP contribution is 2.34. The normalized spacial score (nSPS) is 18.7. The van der Waals surface area contributed by atoms with Gasteiger partial charge in [-0.3, -0.25) is 9.59 Å². The smallest absolute Gasteiger partial charge is 0.248 e. The first kappa shape index (κ1) is 9.75. The summed E-state index contributed by atoms with van der Waals surface area (Å²) in [5.74, 6) is 0.151. The third-order valence-electron chi connectivity index (χ3n) is 2.04. The molecule has 0 spiro atoms. The molecular formula is C8H8Cl2O2. The lowest BCUT2D eigenvalue weighted by atomic mass is 9.80. The molecule has 0 amide bonds. The molecule has 4 heteroatoms. The highest BCUT2D eigenvalue weighted by atomic mass is 35.5. The van der Waals surface area contributed by atoms with Gasteiger partial charge >= 0.3 is 0 Å². The van der Waals surface area contributed by atoms with E-state index < -0.39 is 10.5 Å². The first-order valence-electron chi connectivity index (χ1n) is 3.72. The fraction of sp³-hybridized carbons (Fsp3) is 0.500. The number of carbonyl (C=O) groups is 2. The van der Waals surface area contributed by atoms with Gasteiger partial charge in [-0.2, -0.15) is 0 Å². The second-order valence-corrected chi connectivity index (χ2v) is 3.52. The van der Waals surface area contributed by atoms with Crippen LogP contribution >= 0.6 is 23.2 Å². The summed E-state index contributed by atoms with van der Waals surface area (Å²) in [4.78, 5) is 21.3. The molecule has 1 rings (SSSR count). The van der Waals surface area contributed by atoms with E-state index in [0.29, 0.717) is 5.57 Å². The minimum absolute atomic E-state index is 0.151. The Hall–Kier alpha value is -0.340. The zero-order chi connectivity index (χ0) is 9.14. The van der Waals surface area contributed by atoms with E-state index in [-0.39, 0.29) is 5.92 Å². The Bertz CT molecular complexity index is 241. The van der Waals surface area contributed by atoms with Gasteiger partial charge < -0.3 is 0 Å². The molecule has 1 aliphatic carbocycles. The summed E-state index contributed by atoms with van der Waals surface area (Å²) in [5, 5.41) is -1.19. The van der Waals surface area contributed by atoms with E-state index in [9.17, 15) is 9.59 Å². The van der Waals surface area contributed by atoms with Crippen LogP contribution in [0.2, 0.25) is 0 Å². The zero-order valence-electron chi connectivity index (χ0n) is 6.35. The molecule has 1 fully saturated rings. The van der Waals surface area contributed by atoms with Gasteiger partial charge in [0.25, 0.3) is 0 Å². The lowest BCUT2D eigenvalue weighted by Gasteiger charge is -2.25. The second-order valence-electron chi connectivity index (χ2n) is 2.81. The van der Waals surface area contributed by atoms with Crippen LogP contribution in [-0.4, -0.2) is 10.5 Å². The average Bonchev–Trinajstić information content (AvgIpc) is 1.80. The van der Waals surface area contributed by atoms with E-state index >= 15 is 0 Å². The van der Waals surface area contributed by atoms with Crippen LogP contribution in [0.1, 0.15) is 19.3 Å². The topological polar surface area (TPSA) is 34.1 Å². The third-order valence-corrected chi connectivity index (χ3v) is 2.37. The van der Waals surface area contributed by atoms with E-state index in [4.69, 9.17) is 23.2 Å². The molecule has 0 aromatic heterocycles. The predicted molar refractivity (Wildman–Crippen MR) is 47.1 cm³/mol. The molecule has 1 aliphatic rings. The fourth-order valence-corrected chi connectivity index (χ4v) is 1.50. The van der Waals surface area contributed by atoms with Gasteiger partial charge in [0.15, 0.2) is 0 Å². The van der Waals surface area contributed by atoms with Crippen molar-refractivity contribution in [3.05, 3.63) is 11.6 Å². The third kappa shape index (κ3) is 2.32. The van der Waals surface area contributed by atoms with Crippen LogP contribution in [0.5, 0.6) is 0 Å². The van der Waals surface area contributed by atoms with E-state index in [2.05, 4.69) is 0 Å². The van der Waals surface area contributed by atoms with Gasteiger partial charge in [-0.05, 0) is 42.0 Å². The summed E-state index contributed by atoms with van der Waals surface area (Å²) in [6, 6.07) is 0. The van der Waals surface area contributed by atoms with Crippen LogP contribution in [0.3, 0.4) is 0 Å². The van der Waals surface area contributed by atoms with Crippen LogP contribution in [-0.2, 0) is 9.59 Å². The molecule has 0 N–H and O–H groups in total. The van der Waals surface area contributed by atoms with Gasteiger partial charge in [0.1, 0.15) is 0 Å². The van der Waals surface area contributed by atoms with Crippen molar-refractivity contribution in [3.8, 4) is 0 Å². The SMILES string of the molecule is O=C(Cl)/C=C(/C(=O)Cl)C1CCC1. The van der Waals surface area contributed by atoms with Crippen molar-refractivity contribution in [1.29, 1.82) is 0 Å². The van der Waals surface area contributed by atoms with Gasteiger partial charge in [0.2, 0.25) is 10.5 Å². The molecule has 0 bridgehead atoms. The molecule has 66 valence electrons. The van der Waals surface area contributed by atoms with E-state index in [1.807, 2.05) is 0 Å². The molecule has 12 heavy (non-hydrogen) atoms. The van der Waals surface area contributed by atoms with Crippen LogP contribution in [0, 0.1) is 5.92 Å². The molecule has 0 radical (unpaired) electrons. The van der Waals surface area contributed by atoms with Crippen LogP contribution in [0.4, 0.5) is 0 Å². The molecule has 0 aromatic rings. The van der Waals surface area contributed by atoms with Crippen molar-refractivity contribution in [2.24, 2.45) is 5.92 Å². The number of hydrogen-bond acceptors (Lipinski definition) is 2. The lowest BCUT2D eigenvalue weighted by Crippen LogP contribution is -2.17. The summed E-state index contributed by atoms with van der Waals surface area (Å²) >= 11 is 10.4. The maximum Gasteiger partial charge on any atom is 0.248 e. The maximum absolute atomic E-state index is 10.8. The van der Waals surface area contributed by atoms with Crippen molar-refractivity contribution in [2.75, 3.05) is 0 Å². The molecule has 1 saturated carbocycles. The highest BCUT2D eigenvalue weighted by Gasteiger charge is 2.25. The largest absolute Gasteiger partial charge is 0.276 e. The minimum Gasteiger partial charge on any atom is -0.276 e. The summed E-state index contributed by atoms with van der Waals surface area (Å²) in [5.41, 5.74) is 0.364. The van der Waals surface area contributed by atoms with Gasteiger partial charge in [0, 0.05) is 11.6 Å². The Labute approximate surface area is 80.5 Å². The molecule has 0 aromatic carbocycles. The molecular weight excluding hydrogens is 199 g/mol. The molecule has 0 atom stereocenters. The van der Waals surface area contributed by atoms with Crippen molar-refractivity contribution < 1.29 is 9.59 Å². The molecule has 0 heterocycles. The van der Waals surface area contributed by atoms with Crippen molar-refractivity contribution >= 4 is 33.7 Å². The quantitative estimate of drug-likeness (QED) is 0.525. The monoisotopic (exact) mass is 206 g/mol. The molecule has 0 unspecified atom stereocenters. The first-order chi connectivity index (χ1) is 5.61. The van der Waals surface area contributed by atoms with Crippen molar-refractivity contribution in [2.45, 2.75) is 19.3 Å². The van der Waals surface area contributed by atoms with Gasteiger partial charge in [-0.1, -0.05) is 6.42 Å². The van der Waals surface area contributed by atoms with Crippen LogP contribution in [0.15, 0.2) is 11.6 Å². The predicted octanol–water partition coefficient (Wildman–Crippen LogP) is 2.24. The average molecular weight is 207 g/mol. The number of allylic oxidation sites excluding steroid dienone is 2. The highest BCUT2D eigenvalue weighted by molar-refractivity contribution is 6.70. The second kappa shape index (κ2) is 4.06. The van der Waals surface area contributed by atoms with Crippen LogP contribution < -0.4 is 0 Å². The standard InChI is InChI=1S/C8H8Cl2O2/c9-7(11)4-6(8(10)12)5-2-1-3-5/h4-5H,1-3H2/b6-4+. The summed E-state index contributed by atoms with van der Waals surface area (Å²) in [7, 11) is 0. The fourth-order valence-electron chi connectivity index (χ4n) is 1.18. The van der Waals surface area contributed by atoms with Crippen molar-refractivity contribution in [1.82, 2.24) is 0 Å². The number of rotatable bonds is 3. The van der Waals surface area contributed by atoms with Gasteiger partial charge in [-0.15, -0.1) is 0 Å². The Morgan fingerprint density at radius 2 is 1.83 bits per heavy atom. The maximum atomic E-state index is 10.8. The summed E-state index contributed by atoms with van der Waals surface area (Å²) in [6.07, 6.45) is 4.06. The summed E-state index contributed by atoms with van der Waals surface area (Å²) in [6.45, 7) is 0. The number of hydrogen-bond donors (Lipinski definition) is 0. The Morgan fingerprint density at radius 1 is 1.25 bits per heavy atom. The van der Waals surface area contributed by atoms with Gasteiger partial charge in [0.05, 0.1) is 0 Å². The Kier molecular flexibility index (Phi) is 3.29. The van der Waals surface area contributed by atoms with E-state index in [1.165, 1.54) is 0 Å². The summed E-state index contributed by atoms with van der Waals surface area (Å²) < 4.78 is 0.